The lowest BCUT2D eigenvalue weighted by Crippen LogP contribution is -2.51. The van der Waals surface area contributed by atoms with Crippen LogP contribution in [0.15, 0.2) is 6.20 Å². The SMILES string of the molecule is CC[C@@H]1CN(C(=O)c2cnc(N3CCN(C)CC3)nc2C)CC[C@]1(C)O. The zero-order valence-corrected chi connectivity index (χ0v) is 16.4. The van der Waals surface area contributed by atoms with Crippen LogP contribution >= 0.6 is 0 Å². The Morgan fingerprint density at radius 1 is 1.31 bits per heavy atom. The number of nitrogens with zero attached hydrogens (tertiary/aromatic N) is 5. The van der Waals surface area contributed by atoms with Crippen LogP contribution in [-0.4, -0.2) is 82.7 Å². The third-order valence-electron chi connectivity index (χ3n) is 5.97. The number of rotatable bonds is 3. The van der Waals surface area contributed by atoms with E-state index in [1.165, 1.54) is 0 Å². The van der Waals surface area contributed by atoms with Crippen molar-refractivity contribution in [2.75, 3.05) is 51.2 Å². The predicted molar refractivity (Wildman–Crippen MR) is 101 cm³/mol. The first kappa shape index (κ1) is 19.0. The second-order valence-electron chi connectivity index (χ2n) is 7.92. The molecule has 144 valence electrons. The zero-order valence-electron chi connectivity index (χ0n) is 16.4. The van der Waals surface area contributed by atoms with Gasteiger partial charge in [-0.15, -0.1) is 0 Å². The van der Waals surface area contributed by atoms with Gasteiger partial charge < -0.3 is 19.8 Å². The number of piperazine rings is 1. The van der Waals surface area contributed by atoms with Crippen LogP contribution in [0.5, 0.6) is 0 Å². The number of carbonyl (C=O) groups is 1. The number of likely N-dealkylation sites (N-methyl/N-ethyl adjacent to an activating group) is 1. The normalized spacial score (nSPS) is 27.7. The van der Waals surface area contributed by atoms with Crippen LogP contribution < -0.4 is 4.90 Å². The summed E-state index contributed by atoms with van der Waals surface area (Å²) >= 11 is 0. The number of amides is 1. The summed E-state index contributed by atoms with van der Waals surface area (Å²) < 4.78 is 0. The molecule has 1 amide bonds. The van der Waals surface area contributed by atoms with Crippen molar-refractivity contribution < 1.29 is 9.90 Å². The number of piperidine rings is 1. The maximum Gasteiger partial charge on any atom is 0.257 e. The van der Waals surface area contributed by atoms with Crippen molar-refractivity contribution in [1.29, 1.82) is 0 Å². The molecule has 0 spiro atoms. The minimum atomic E-state index is -0.692. The van der Waals surface area contributed by atoms with E-state index in [1.54, 1.807) is 6.20 Å². The molecule has 26 heavy (non-hydrogen) atoms. The monoisotopic (exact) mass is 361 g/mol. The Balaban J connectivity index is 1.72. The Hall–Kier alpha value is -1.73. The second kappa shape index (κ2) is 7.48. The van der Waals surface area contributed by atoms with Crippen molar-refractivity contribution in [3.63, 3.8) is 0 Å². The molecular formula is C19H31N5O2. The summed E-state index contributed by atoms with van der Waals surface area (Å²) in [5.41, 5.74) is 0.603. The fourth-order valence-electron chi connectivity index (χ4n) is 3.87. The van der Waals surface area contributed by atoms with Gasteiger partial charge in [0.15, 0.2) is 0 Å². The number of carbonyl (C=O) groups excluding carboxylic acids is 1. The highest BCUT2D eigenvalue weighted by molar-refractivity contribution is 5.95. The van der Waals surface area contributed by atoms with Crippen LogP contribution in [-0.2, 0) is 0 Å². The Morgan fingerprint density at radius 2 is 2.00 bits per heavy atom. The largest absolute Gasteiger partial charge is 0.390 e. The van der Waals surface area contributed by atoms with E-state index in [1.807, 2.05) is 18.7 Å². The van der Waals surface area contributed by atoms with Gasteiger partial charge in [-0.2, -0.15) is 0 Å². The summed E-state index contributed by atoms with van der Waals surface area (Å²) in [5.74, 6) is 0.785. The van der Waals surface area contributed by atoms with Gasteiger partial charge in [0.1, 0.15) is 0 Å². The molecule has 1 aromatic heterocycles. The number of anilines is 1. The molecule has 0 saturated carbocycles. The van der Waals surface area contributed by atoms with Crippen LogP contribution in [0.2, 0.25) is 0 Å². The van der Waals surface area contributed by atoms with E-state index in [0.29, 0.717) is 31.0 Å². The van der Waals surface area contributed by atoms with E-state index in [0.717, 1.165) is 38.3 Å². The number of hydrogen-bond donors (Lipinski definition) is 1. The standard InChI is InChI=1S/C19H31N5O2/c1-5-15-13-24(7-6-19(15,3)26)17(25)16-12-20-18(21-14(16)2)23-10-8-22(4)9-11-23/h12,15,26H,5-11,13H2,1-4H3/t15-,19+/m1/s1. The summed E-state index contributed by atoms with van der Waals surface area (Å²) in [6.07, 6.45) is 3.14. The van der Waals surface area contributed by atoms with Crippen molar-refractivity contribution in [2.24, 2.45) is 5.92 Å². The number of aliphatic hydroxyl groups is 1. The number of aromatic nitrogens is 2. The minimum Gasteiger partial charge on any atom is -0.390 e. The van der Waals surface area contributed by atoms with Gasteiger partial charge >= 0.3 is 0 Å². The Kier molecular flexibility index (Phi) is 5.48. The van der Waals surface area contributed by atoms with Crippen molar-refractivity contribution in [3.8, 4) is 0 Å². The van der Waals surface area contributed by atoms with Crippen molar-refractivity contribution in [3.05, 3.63) is 17.5 Å². The van der Waals surface area contributed by atoms with Gasteiger partial charge in [-0.3, -0.25) is 4.79 Å². The number of aryl methyl sites for hydroxylation is 1. The quantitative estimate of drug-likeness (QED) is 0.871. The maximum absolute atomic E-state index is 13.0. The summed E-state index contributed by atoms with van der Waals surface area (Å²) in [4.78, 5) is 28.3. The minimum absolute atomic E-state index is 0.0265. The van der Waals surface area contributed by atoms with Gasteiger partial charge in [0.25, 0.3) is 5.91 Å². The molecule has 1 aromatic rings. The van der Waals surface area contributed by atoms with E-state index in [4.69, 9.17) is 0 Å². The van der Waals surface area contributed by atoms with Crippen molar-refractivity contribution in [2.45, 2.75) is 39.2 Å². The summed E-state index contributed by atoms with van der Waals surface area (Å²) in [6, 6.07) is 0. The molecule has 0 bridgehead atoms. The lowest BCUT2D eigenvalue weighted by Gasteiger charge is -2.42. The first-order chi connectivity index (χ1) is 12.3. The summed E-state index contributed by atoms with van der Waals surface area (Å²) in [7, 11) is 2.12. The van der Waals surface area contributed by atoms with Crippen LogP contribution in [0.25, 0.3) is 0 Å². The molecule has 7 heteroatoms. The van der Waals surface area contributed by atoms with Gasteiger partial charge in [-0.1, -0.05) is 6.92 Å². The van der Waals surface area contributed by atoms with E-state index < -0.39 is 5.60 Å². The molecule has 0 aromatic carbocycles. The van der Waals surface area contributed by atoms with Crippen LogP contribution in [0.4, 0.5) is 5.95 Å². The second-order valence-corrected chi connectivity index (χ2v) is 7.92. The third-order valence-corrected chi connectivity index (χ3v) is 5.97. The maximum atomic E-state index is 13.0. The molecule has 2 saturated heterocycles. The van der Waals surface area contributed by atoms with Crippen molar-refractivity contribution in [1.82, 2.24) is 19.8 Å². The Labute approximate surface area is 156 Å². The fraction of sp³-hybridized carbons (Fsp3) is 0.737. The molecule has 2 aliphatic heterocycles. The molecule has 1 N–H and O–H groups in total. The van der Waals surface area contributed by atoms with Crippen molar-refractivity contribution >= 4 is 11.9 Å². The van der Waals surface area contributed by atoms with E-state index >= 15 is 0 Å². The summed E-state index contributed by atoms with van der Waals surface area (Å²) in [5, 5.41) is 10.5. The smallest absolute Gasteiger partial charge is 0.257 e. The summed E-state index contributed by atoms with van der Waals surface area (Å²) in [6.45, 7) is 10.8. The highest BCUT2D eigenvalue weighted by Crippen LogP contribution is 2.30. The predicted octanol–water partition coefficient (Wildman–Crippen LogP) is 1.16. The molecule has 0 aliphatic carbocycles. The topological polar surface area (TPSA) is 72.8 Å². The fourth-order valence-corrected chi connectivity index (χ4v) is 3.87. The highest BCUT2D eigenvalue weighted by Gasteiger charge is 2.38. The first-order valence-corrected chi connectivity index (χ1v) is 9.60. The van der Waals surface area contributed by atoms with E-state index in [9.17, 15) is 9.90 Å². The third kappa shape index (κ3) is 3.83. The van der Waals surface area contributed by atoms with Gasteiger partial charge in [0.2, 0.25) is 5.95 Å². The van der Waals surface area contributed by atoms with Gasteiger partial charge in [0.05, 0.1) is 16.9 Å². The average Bonchev–Trinajstić information content (AvgIpc) is 2.61. The molecule has 0 radical (unpaired) electrons. The van der Waals surface area contributed by atoms with Crippen LogP contribution in [0, 0.1) is 12.8 Å². The molecule has 7 nitrogen and oxygen atoms in total. The molecule has 2 fully saturated rings. The molecule has 3 heterocycles. The number of likely N-dealkylation sites (tertiary alicyclic amines) is 1. The van der Waals surface area contributed by atoms with Crippen LogP contribution in [0.3, 0.4) is 0 Å². The molecular weight excluding hydrogens is 330 g/mol. The highest BCUT2D eigenvalue weighted by atomic mass is 16.3. The van der Waals surface area contributed by atoms with E-state index in [-0.39, 0.29) is 11.8 Å². The average molecular weight is 361 g/mol. The lowest BCUT2D eigenvalue weighted by molar-refractivity contribution is -0.0521. The van der Waals surface area contributed by atoms with Gasteiger partial charge in [-0.05, 0) is 33.7 Å². The Morgan fingerprint density at radius 3 is 2.62 bits per heavy atom. The zero-order chi connectivity index (χ0) is 18.9. The lowest BCUT2D eigenvalue weighted by atomic mass is 9.81. The first-order valence-electron chi connectivity index (χ1n) is 9.60. The van der Waals surface area contributed by atoms with E-state index in [2.05, 4.69) is 33.7 Å². The molecule has 2 aliphatic rings. The molecule has 0 unspecified atom stereocenters. The molecule has 3 rings (SSSR count). The molecule has 2 atom stereocenters. The van der Waals surface area contributed by atoms with Gasteiger partial charge in [0, 0.05) is 51.4 Å². The Bertz CT molecular complexity index is 655. The van der Waals surface area contributed by atoms with Gasteiger partial charge in [-0.25, -0.2) is 9.97 Å². The number of hydrogen-bond acceptors (Lipinski definition) is 6. The van der Waals surface area contributed by atoms with Crippen LogP contribution in [0.1, 0.15) is 42.7 Å².